The van der Waals surface area contributed by atoms with E-state index in [1.807, 2.05) is 5.38 Å². The van der Waals surface area contributed by atoms with Gasteiger partial charge in [-0.2, -0.15) is 0 Å². The average Bonchev–Trinajstić information content (AvgIpc) is 2.90. The van der Waals surface area contributed by atoms with E-state index in [1.54, 1.807) is 25.3 Å². The van der Waals surface area contributed by atoms with E-state index in [4.69, 9.17) is 27.9 Å². The summed E-state index contributed by atoms with van der Waals surface area (Å²) in [6, 6.07) is 5.31. The topological polar surface area (TPSA) is 54.4 Å². The van der Waals surface area contributed by atoms with Gasteiger partial charge in [-0.1, -0.05) is 23.2 Å². The molecule has 4 nitrogen and oxygen atoms in total. The van der Waals surface area contributed by atoms with Crippen LogP contribution in [0.5, 0.6) is 0 Å². The lowest BCUT2D eigenvalue weighted by molar-refractivity contribution is 0.0644. The molecule has 0 amide bonds. The second kappa shape index (κ2) is 8.08. The molecule has 0 fully saturated rings. The van der Waals surface area contributed by atoms with Crippen molar-refractivity contribution in [3.05, 3.63) is 38.6 Å². The molecule has 0 aliphatic carbocycles. The zero-order valence-electron chi connectivity index (χ0n) is 11.5. The number of aromatic nitrogens is 1. The quantitative estimate of drug-likeness (QED) is 0.808. The fourth-order valence-corrected chi connectivity index (χ4v) is 2.96. The molecule has 1 aromatic carbocycles. The van der Waals surface area contributed by atoms with Crippen LogP contribution in [0.4, 0.5) is 0 Å². The molecule has 7 heteroatoms. The van der Waals surface area contributed by atoms with Crippen molar-refractivity contribution in [2.24, 2.45) is 0 Å². The molecule has 1 atom stereocenters. The standard InChI is InChI=1S/C14H16Cl2N2O2S/c1-20-7-10(19)5-17-6-14-18-13(8-21-14)11-4-9(15)2-3-12(11)16/h2-4,8,10,17,19H,5-7H2,1H3. The van der Waals surface area contributed by atoms with Gasteiger partial charge in [-0.25, -0.2) is 4.98 Å². The molecular weight excluding hydrogens is 331 g/mol. The first-order valence-corrected chi connectivity index (χ1v) is 8.01. The summed E-state index contributed by atoms with van der Waals surface area (Å²) in [6.45, 7) is 1.36. The lowest BCUT2D eigenvalue weighted by Gasteiger charge is -2.09. The zero-order chi connectivity index (χ0) is 15.2. The molecule has 2 aromatic rings. The van der Waals surface area contributed by atoms with Gasteiger partial charge >= 0.3 is 0 Å². The molecule has 0 aliphatic rings. The van der Waals surface area contributed by atoms with Crippen molar-refractivity contribution in [1.29, 1.82) is 0 Å². The molecule has 0 spiro atoms. The lowest BCUT2D eigenvalue weighted by atomic mass is 10.2. The highest BCUT2D eigenvalue weighted by molar-refractivity contribution is 7.09. The normalized spacial score (nSPS) is 12.6. The maximum absolute atomic E-state index is 9.54. The highest BCUT2D eigenvalue weighted by Gasteiger charge is 2.09. The summed E-state index contributed by atoms with van der Waals surface area (Å²) in [4.78, 5) is 4.53. The number of nitrogens with one attached hydrogen (secondary N) is 1. The van der Waals surface area contributed by atoms with Crippen LogP contribution >= 0.6 is 34.5 Å². The predicted octanol–water partition coefficient (Wildman–Crippen LogP) is 3.21. The van der Waals surface area contributed by atoms with Crippen molar-refractivity contribution < 1.29 is 9.84 Å². The summed E-state index contributed by atoms with van der Waals surface area (Å²) < 4.78 is 4.86. The van der Waals surface area contributed by atoms with Crippen LogP contribution in [0, 0.1) is 0 Å². The van der Waals surface area contributed by atoms with Crippen molar-refractivity contribution in [1.82, 2.24) is 10.3 Å². The van der Waals surface area contributed by atoms with Crippen molar-refractivity contribution in [3.63, 3.8) is 0 Å². The summed E-state index contributed by atoms with van der Waals surface area (Å²) in [6.07, 6.45) is -0.517. The van der Waals surface area contributed by atoms with Gasteiger partial charge in [0.05, 0.1) is 23.4 Å². The largest absolute Gasteiger partial charge is 0.389 e. The Morgan fingerprint density at radius 2 is 2.24 bits per heavy atom. The number of aliphatic hydroxyl groups excluding tert-OH is 1. The molecule has 0 radical (unpaired) electrons. The molecule has 0 saturated carbocycles. The fraction of sp³-hybridized carbons (Fsp3) is 0.357. The van der Waals surface area contributed by atoms with Crippen molar-refractivity contribution in [2.45, 2.75) is 12.6 Å². The Morgan fingerprint density at radius 1 is 1.43 bits per heavy atom. The first kappa shape index (κ1) is 16.7. The monoisotopic (exact) mass is 346 g/mol. The SMILES string of the molecule is COCC(O)CNCc1nc(-c2cc(Cl)ccc2Cl)cs1. The minimum atomic E-state index is -0.517. The van der Waals surface area contributed by atoms with Gasteiger partial charge in [0.25, 0.3) is 0 Å². The van der Waals surface area contributed by atoms with Gasteiger partial charge in [0.1, 0.15) is 5.01 Å². The number of rotatable bonds is 7. The Labute approximate surface area is 137 Å². The number of halogens is 2. The van der Waals surface area contributed by atoms with E-state index in [9.17, 15) is 5.11 Å². The van der Waals surface area contributed by atoms with E-state index in [0.717, 1.165) is 16.3 Å². The summed E-state index contributed by atoms with van der Waals surface area (Å²) in [5.74, 6) is 0. The second-order valence-corrected chi connectivity index (χ2v) is 6.28. The van der Waals surface area contributed by atoms with Crippen LogP contribution in [-0.2, 0) is 11.3 Å². The van der Waals surface area contributed by atoms with Crippen LogP contribution in [0.3, 0.4) is 0 Å². The van der Waals surface area contributed by atoms with E-state index < -0.39 is 6.10 Å². The highest BCUT2D eigenvalue weighted by atomic mass is 35.5. The highest BCUT2D eigenvalue weighted by Crippen LogP contribution is 2.31. The van der Waals surface area contributed by atoms with E-state index in [-0.39, 0.29) is 0 Å². The predicted molar refractivity (Wildman–Crippen MR) is 87.2 cm³/mol. The van der Waals surface area contributed by atoms with Crippen LogP contribution in [-0.4, -0.2) is 36.5 Å². The maximum atomic E-state index is 9.54. The minimum absolute atomic E-state index is 0.314. The molecule has 0 saturated heterocycles. The van der Waals surface area contributed by atoms with Gasteiger partial charge in [-0.05, 0) is 18.2 Å². The van der Waals surface area contributed by atoms with Crippen LogP contribution < -0.4 is 5.32 Å². The smallest absolute Gasteiger partial charge is 0.107 e. The van der Waals surface area contributed by atoms with Gasteiger partial charge in [0.15, 0.2) is 0 Å². The third kappa shape index (κ3) is 4.92. The summed E-state index contributed by atoms with van der Waals surface area (Å²) >= 11 is 13.7. The van der Waals surface area contributed by atoms with E-state index in [1.165, 1.54) is 11.3 Å². The molecule has 114 valence electrons. The number of hydrogen-bond donors (Lipinski definition) is 2. The van der Waals surface area contributed by atoms with Gasteiger partial charge in [0, 0.05) is 36.2 Å². The molecule has 2 rings (SSSR count). The fourth-order valence-electron chi connectivity index (χ4n) is 1.81. The van der Waals surface area contributed by atoms with Crippen molar-refractivity contribution in [3.8, 4) is 11.3 Å². The number of thiazole rings is 1. The molecule has 1 unspecified atom stereocenters. The summed E-state index contributed by atoms with van der Waals surface area (Å²) in [5, 5.41) is 16.8. The Bertz CT molecular complexity index is 592. The molecule has 2 N–H and O–H groups in total. The molecule has 1 heterocycles. The maximum Gasteiger partial charge on any atom is 0.107 e. The van der Waals surface area contributed by atoms with Crippen molar-refractivity contribution in [2.75, 3.05) is 20.3 Å². The number of methoxy groups -OCH3 is 1. The summed E-state index contributed by atoms with van der Waals surface area (Å²) in [7, 11) is 1.56. The van der Waals surface area contributed by atoms with E-state index in [0.29, 0.717) is 29.7 Å². The lowest BCUT2D eigenvalue weighted by Crippen LogP contribution is -2.29. The molecule has 1 aromatic heterocycles. The second-order valence-electron chi connectivity index (χ2n) is 4.49. The van der Waals surface area contributed by atoms with Crippen LogP contribution in [0.2, 0.25) is 10.0 Å². The Balaban J connectivity index is 1.97. The number of hydrogen-bond acceptors (Lipinski definition) is 5. The Morgan fingerprint density at radius 3 is 3.00 bits per heavy atom. The summed E-state index contributed by atoms with van der Waals surface area (Å²) in [5.41, 5.74) is 1.63. The third-order valence-corrected chi connectivity index (χ3v) is 4.18. The number of benzene rings is 1. The Hall–Kier alpha value is -0.690. The van der Waals surface area contributed by atoms with Crippen LogP contribution in [0.25, 0.3) is 11.3 Å². The van der Waals surface area contributed by atoms with Gasteiger partial charge < -0.3 is 15.2 Å². The first-order chi connectivity index (χ1) is 10.1. The third-order valence-electron chi connectivity index (χ3n) is 2.77. The van der Waals surface area contributed by atoms with E-state index in [2.05, 4.69) is 10.3 Å². The number of aliphatic hydroxyl groups is 1. The van der Waals surface area contributed by atoms with Crippen LogP contribution in [0.15, 0.2) is 23.6 Å². The van der Waals surface area contributed by atoms with Gasteiger partial charge in [0.2, 0.25) is 0 Å². The van der Waals surface area contributed by atoms with Crippen molar-refractivity contribution >= 4 is 34.5 Å². The van der Waals surface area contributed by atoms with E-state index >= 15 is 0 Å². The molecular formula is C14H16Cl2N2O2S. The number of nitrogens with zero attached hydrogens (tertiary/aromatic N) is 1. The zero-order valence-corrected chi connectivity index (χ0v) is 13.8. The van der Waals surface area contributed by atoms with Gasteiger partial charge in [-0.3, -0.25) is 0 Å². The molecule has 0 bridgehead atoms. The minimum Gasteiger partial charge on any atom is -0.389 e. The number of ether oxygens (including phenoxy) is 1. The molecule has 21 heavy (non-hydrogen) atoms. The first-order valence-electron chi connectivity index (χ1n) is 6.37. The molecule has 0 aliphatic heterocycles. The van der Waals surface area contributed by atoms with Gasteiger partial charge in [-0.15, -0.1) is 11.3 Å². The Kier molecular flexibility index (Phi) is 6.41. The van der Waals surface area contributed by atoms with Crippen LogP contribution in [0.1, 0.15) is 5.01 Å². The average molecular weight is 347 g/mol.